The fraction of sp³-hybridized carbons (Fsp3) is 0.350. The molecule has 6 heteroatoms. The number of aryl methyl sites for hydroxylation is 1. The molecule has 1 aliphatic carbocycles. The first kappa shape index (κ1) is 16.6. The zero-order valence-corrected chi connectivity index (χ0v) is 15.1. The summed E-state index contributed by atoms with van der Waals surface area (Å²) in [5.41, 5.74) is 3.38. The summed E-state index contributed by atoms with van der Waals surface area (Å²) in [6.45, 7) is 1.93. The standard InChI is InChI=1S/C20H23N5O/c1-14(19-23-22-18-12-5-6-13-25(18)19)21-20(26)24(2)17-11-7-9-15-8-3-4-10-16(15)17/h3-6,8,10,12-14,17H,7,9,11H2,1-2H3,(H,21,26)/t14-,17+/m1/s1. The second kappa shape index (κ2) is 6.78. The van der Waals surface area contributed by atoms with E-state index < -0.39 is 0 Å². The normalized spacial score (nSPS) is 17.5. The predicted molar refractivity (Wildman–Crippen MR) is 99.8 cm³/mol. The fourth-order valence-electron chi connectivity index (χ4n) is 3.78. The van der Waals surface area contributed by atoms with E-state index in [2.05, 4.69) is 33.7 Å². The third-order valence-electron chi connectivity index (χ3n) is 5.19. The quantitative estimate of drug-likeness (QED) is 0.787. The van der Waals surface area contributed by atoms with Gasteiger partial charge in [-0.15, -0.1) is 10.2 Å². The molecule has 0 saturated carbocycles. The molecule has 3 aromatic rings. The number of urea groups is 1. The average molecular weight is 349 g/mol. The number of carbonyl (C=O) groups excluding carboxylic acids is 1. The minimum Gasteiger partial charge on any atom is -0.328 e. The lowest BCUT2D eigenvalue weighted by molar-refractivity contribution is 0.180. The number of fused-ring (bicyclic) bond motifs is 2. The zero-order chi connectivity index (χ0) is 18.1. The van der Waals surface area contributed by atoms with Crippen LogP contribution in [0.4, 0.5) is 4.79 Å². The lowest BCUT2D eigenvalue weighted by Crippen LogP contribution is -2.42. The molecule has 134 valence electrons. The van der Waals surface area contributed by atoms with Crippen molar-refractivity contribution in [3.63, 3.8) is 0 Å². The number of hydrogen-bond acceptors (Lipinski definition) is 3. The number of aromatic nitrogens is 3. The van der Waals surface area contributed by atoms with E-state index in [1.807, 2.05) is 53.7 Å². The van der Waals surface area contributed by atoms with Gasteiger partial charge in [-0.25, -0.2) is 4.79 Å². The summed E-state index contributed by atoms with van der Waals surface area (Å²) in [4.78, 5) is 14.7. The second-order valence-electron chi connectivity index (χ2n) is 6.88. The summed E-state index contributed by atoms with van der Waals surface area (Å²) in [6, 6.07) is 14.0. The molecular formula is C20H23N5O. The summed E-state index contributed by atoms with van der Waals surface area (Å²) < 4.78 is 1.90. The van der Waals surface area contributed by atoms with Crippen molar-refractivity contribution in [2.75, 3.05) is 7.05 Å². The Balaban J connectivity index is 1.51. The van der Waals surface area contributed by atoms with Crippen LogP contribution >= 0.6 is 0 Å². The van der Waals surface area contributed by atoms with Crippen LogP contribution in [0.2, 0.25) is 0 Å². The molecule has 0 aliphatic heterocycles. The van der Waals surface area contributed by atoms with Crippen LogP contribution in [0.5, 0.6) is 0 Å². The first-order chi connectivity index (χ1) is 12.6. The van der Waals surface area contributed by atoms with Crippen molar-refractivity contribution in [3.8, 4) is 0 Å². The largest absolute Gasteiger partial charge is 0.328 e. The van der Waals surface area contributed by atoms with Gasteiger partial charge in [-0.3, -0.25) is 4.40 Å². The van der Waals surface area contributed by atoms with Crippen LogP contribution in [0.3, 0.4) is 0 Å². The minimum atomic E-state index is -0.235. The van der Waals surface area contributed by atoms with Gasteiger partial charge >= 0.3 is 6.03 Å². The highest BCUT2D eigenvalue weighted by Crippen LogP contribution is 2.33. The molecule has 0 unspecified atom stereocenters. The van der Waals surface area contributed by atoms with Gasteiger partial charge in [0.2, 0.25) is 0 Å². The van der Waals surface area contributed by atoms with Crippen LogP contribution < -0.4 is 5.32 Å². The molecule has 0 bridgehead atoms. The summed E-state index contributed by atoms with van der Waals surface area (Å²) in [5.74, 6) is 0.728. The van der Waals surface area contributed by atoms with E-state index in [1.165, 1.54) is 11.1 Å². The third-order valence-corrected chi connectivity index (χ3v) is 5.19. The first-order valence-corrected chi connectivity index (χ1v) is 9.06. The highest BCUT2D eigenvalue weighted by atomic mass is 16.2. The van der Waals surface area contributed by atoms with Crippen LogP contribution in [-0.2, 0) is 6.42 Å². The molecule has 26 heavy (non-hydrogen) atoms. The molecule has 2 heterocycles. The van der Waals surface area contributed by atoms with Crippen LogP contribution in [0.1, 0.15) is 48.8 Å². The van der Waals surface area contributed by atoms with Gasteiger partial charge in [0.25, 0.3) is 0 Å². The summed E-state index contributed by atoms with van der Waals surface area (Å²) in [7, 11) is 1.87. The van der Waals surface area contributed by atoms with E-state index in [1.54, 1.807) is 0 Å². The zero-order valence-electron chi connectivity index (χ0n) is 15.1. The van der Waals surface area contributed by atoms with Crippen LogP contribution in [0.25, 0.3) is 5.65 Å². The molecule has 0 radical (unpaired) electrons. The van der Waals surface area contributed by atoms with Crippen LogP contribution in [-0.4, -0.2) is 32.6 Å². The van der Waals surface area contributed by atoms with E-state index in [-0.39, 0.29) is 18.1 Å². The highest BCUT2D eigenvalue weighted by molar-refractivity contribution is 5.75. The van der Waals surface area contributed by atoms with Crippen LogP contribution in [0.15, 0.2) is 48.7 Å². The molecule has 1 aliphatic rings. The Labute approximate surface area is 152 Å². The van der Waals surface area contributed by atoms with E-state index in [9.17, 15) is 4.79 Å². The van der Waals surface area contributed by atoms with Crippen molar-refractivity contribution >= 4 is 11.7 Å². The smallest absolute Gasteiger partial charge is 0.318 e. The van der Waals surface area contributed by atoms with Crippen LogP contribution in [0, 0.1) is 0 Å². The van der Waals surface area contributed by atoms with Gasteiger partial charge in [0.1, 0.15) is 0 Å². The van der Waals surface area contributed by atoms with E-state index in [0.29, 0.717) is 0 Å². The SMILES string of the molecule is C[C@@H](NC(=O)N(C)[C@H]1CCCc2ccccc21)c1nnc2ccccn12. The first-order valence-electron chi connectivity index (χ1n) is 9.06. The van der Waals surface area contributed by atoms with Crippen molar-refractivity contribution in [2.45, 2.75) is 38.3 Å². The molecule has 1 N–H and O–H groups in total. The number of amides is 2. The lowest BCUT2D eigenvalue weighted by Gasteiger charge is -2.33. The minimum absolute atomic E-state index is 0.0908. The summed E-state index contributed by atoms with van der Waals surface area (Å²) >= 11 is 0. The molecule has 2 amide bonds. The lowest BCUT2D eigenvalue weighted by atomic mass is 9.87. The van der Waals surface area contributed by atoms with Gasteiger partial charge in [0, 0.05) is 13.2 Å². The molecule has 0 fully saturated rings. The molecule has 0 saturated heterocycles. The molecule has 2 aromatic heterocycles. The van der Waals surface area contributed by atoms with Crippen molar-refractivity contribution in [3.05, 3.63) is 65.6 Å². The molecule has 1 aromatic carbocycles. The predicted octanol–water partition coefficient (Wildman–Crippen LogP) is 3.51. The van der Waals surface area contributed by atoms with E-state index >= 15 is 0 Å². The van der Waals surface area contributed by atoms with Gasteiger partial charge in [-0.1, -0.05) is 30.3 Å². The van der Waals surface area contributed by atoms with Crippen molar-refractivity contribution < 1.29 is 4.79 Å². The number of carbonyl (C=O) groups is 1. The number of nitrogens with one attached hydrogen (secondary N) is 1. The third kappa shape index (κ3) is 2.92. The highest BCUT2D eigenvalue weighted by Gasteiger charge is 2.27. The molecular weight excluding hydrogens is 326 g/mol. The van der Waals surface area contributed by atoms with Crippen molar-refractivity contribution in [1.82, 2.24) is 24.8 Å². The molecule has 2 atom stereocenters. The number of benzene rings is 1. The maximum atomic E-state index is 12.9. The molecule has 0 spiro atoms. The Morgan fingerprint density at radius 1 is 1.23 bits per heavy atom. The van der Waals surface area contributed by atoms with E-state index in [0.717, 1.165) is 30.7 Å². The fourth-order valence-corrected chi connectivity index (χ4v) is 3.78. The Morgan fingerprint density at radius 2 is 2.04 bits per heavy atom. The molecule has 4 rings (SSSR count). The van der Waals surface area contributed by atoms with Gasteiger partial charge in [0.15, 0.2) is 11.5 Å². The molecule has 6 nitrogen and oxygen atoms in total. The van der Waals surface area contributed by atoms with E-state index in [4.69, 9.17) is 0 Å². The maximum absolute atomic E-state index is 12.9. The Bertz CT molecular complexity index is 935. The van der Waals surface area contributed by atoms with Crippen molar-refractivity contribution in [1.29, 1.82) is 0 Å². The number of pyridine rings is 1. The van der Waals surface area contributed by atoms with Gasteiger partial charge in [-0.05, 0) is 49.4 Å². The van der Waals surface area contributed by atoms with Gasteiger partial charge in [-0.2, -0.15) is 0 Å². The summed E-state index contributed by atoms with van der Waals surface area (Å²) in [5, 5.41) is 11.5. The van der Waals surface area contributed by atoms with Crippen molar-refractivity contribution in [2.24, 2.45) is 0 Å². The number of nitrogens with zero attached hydrogens (tertiary/aromatic N) is 4. The Hall–Kier alpha value is -2.89. The maximum Gasteiger partial charge on any atom is 0.318 e. The van der Waals surface area contributed by atoms with Gasteiger partial charge in [0.05, 0.1) is 12.1 Å². The monoisotopic (exact) mass is 349 g/mol. The number of rotatable bonds is 3. The van der Waals surface area contributed by atoms with Gasteiger partial charge < -0.3 is 10.2 Å². The number of hydrogen-bond donors (Lipinski definition) is 1. The summed E-state index contributed by atoms with van der Waals surface area (Å²) in [6.07, 6.45) is 5.09. The Kier molecular flexibility index (Phi) is 4.32. The average Bonchev–Trinajstić information content (AvgIpc) is 3.11. The topological polar surface area (TPSA) is 62.5 Å². The Morgan fingerprint density at radius 3 is 2.92 bits per heavy atom. The second-order valence-corrected chi connectivity index (χ2v) is 6.88.